The predicted octanol–water partition coefficient (Wildman–Crippen LogP) is 3.06. The first-order valence-electron chi connectivity index (χ1n) is 6.78. The maximum atomic E-state index is 5.44. The van der Waals surface area contributed by atoms with Crippen LogP contribution in [0.4, 0.5) is 0 Å². The molecule has 0 aliphatic carbocycles. The molecule has 92 valence electrons. The van der Waals surface area contributed by atoms with Crippen molar-refractivity contribution in [2.45, 2.75) is 71.3 Å². The zero-order valence-electron chi connectivity index (χ0n) is 10.7. The molecule has 0 fully saturated rings. The van der Waals surface area contributed by atoms with Crippen molar-refractivity contribution in [3.63, 3.8) is 0 Å². The largest absolute Gasteiger partial charge is 0.330 e. The van der Waals surface area contributed by atoms with Gasteiger partial charge in [0.15, 0.2) is 0 Å². The average Bonchev–Trinajstić information content (AvgIpc) is 2.27. The van der Waals surface area contributed by atoms with E-state index in [1.54, 1.807) is 0 Å². The molecule has 0 heterocycles. The molecule has 0 saturated carbocycles. The molecule has 0 saturated heterocycles. The van der Waals surface area contributed by atoms with Gasteiger partial charge in [0.1, 0.15) is 0 Å². The molecular formula is C13H30N2. The van der Waals surface area contributed by atoms with Crippen LogP contribution in [-0.4, -0.2) is 19.1 Å². The van der Waals surface area contributed by atoms with E-state index < -0.39 is 0 Å². The second-order valence-corrected chi connectivity index (χ2v) is 4.38. The monoisotopic (exact) mass is 214 g/mol. The molecule has 0 unspecified atom stereocenters. The Morgan fingerprint density at radius 3 is 1.93 bits per heavy atom. The fraction of sp³-hybridized carbons (Fsp3) is 1.00. The Bertz CT molecular complexity index is 111. The van der Waals surface area contributed by atoms with Crippen LogP contribution in [0.25, 0.3) is 0 Å². The highest BCUT2D eigenvalue weighted by atomic mass is 14.9. The van der Waals surface area contributed by atoms with Gasteiger partial charge >= 0.3 is 0 Å². The lowest BCUT2D eigenvalue weighted by Crippen LogP contribution is -2.28. The summed E-state index contributed by atoms with van der Waals surface area (Å²) in [4.78, 5) is 0. The summed E-state index contributed by atoms with van der Waals surface area (Å²) in [5.41, 5.74) is 5.44. The highest BCUT2D eigenvalue weighted by Crippen LogP contribution is 2.04. The molecule has 2 nitrogen and oxygen atoms in total. The van der Waals surface area contributed by atoms with Crippen molar-refractivity contribution < 1.29 is 0 Å². The minimum atomic E-state index is 0.738. The Labute approximate surface area is 96.0 Å². The van der Waals surface area contributed by atoms with Crippen molar-refractivity contribution >= 4 is 0 Å². The zero-order valence-corrected chi connectivity index (χ0v) is 10.7. The van der Waals surface area contributed by atoms with Gasteiger partial charge in [0.05, 0.1) is 0 Å². The Balaban J connectivity index is 3.04. The number of nitrogens with two attached hydrogens (primary N) is 1. The van der Waals surface area contributed by atoms with E-state index in [4.69, 9.17) is 5.73 Å². The standard InChI is InChI=1S/C13H30N2/c1-3-13(4-2)15-12-10-8-6-5-7-9-11-14/h13,15H,3-12,14H2,1-2H3. The normalized spacial score (nSPS) is 11.2. The first-order chi connectivity index (χ1) is 7.35. The van der Waals surface area contributed by atoms with Crippen molar-refractivity contribution in [2.24, 2.45) is 5.73 Å². The van der Waals surface area contributed by atoms with Gasteiger partial charge in [0.2, 0.25) is 0 Å². The van der Waals surface area contributed by atoms with Crippen LogP contribution < -0.4 is 11.1 Å². The van der Waals surface area contributed by atoms with Crippen LogP contribution >= 0.6 is 0 Å². The van der Waals surface area contributed by atoms with Gasteiger partial charge in [0.25, 0.3) is 0 Å². The van der Waals surface area contributed by atoms with Gasteiger partial charge < -0.3 is 11.1 Å². The summed E-state index contributed by atoms with van der Waals surface area (Å²) in [5, 5.41) is 3.60. The number of rotatable bonds is 11. The first-order valence-corrected chi connectivity index (χ1v) is 6.78. The molecule has 3 N–H and O–H groups in total. The van der Waals surface area contributed by atoms with E-state index in [1.165, 1.54) is 57.9 Å². The quantitative estimate of drug-likeness (QED) is 0.519. The van der Waals surface area contributed by atoms with E-state index in [0.717, 1.165) is 12.6 Å². The van der Waals surface area contributed by atoms with Crippen LogP contribution in [0.2, 0.25) is 0 Å². The molecular weight excluding hydrogens is 184 g/mol. The Morgan fingerprint density at radius 1 is 0.867 bits per heavy atom. The van der Waals surface area contributed by atoms with Crippen molar-refractivity contribution in [1.82, 2.24) is 5.32 Å². The maximum Gasteiger partial charge on any atom is 0.00618 e. The summed E-state index contributed by atoms with van der Waals surface area (Å²) >= 11 is 0. The Kier molecular flexibility index (Phi) is 11.9. The molecule has 0 spiro atoms. The van der Waals surface area contributed by atoms with E-state index in [0.29, 0.717) is 0 Å². The number of hydrogen-bond donors (Lipinski definition) is 2. The molecule has 0 rings (SSSR count). The minimum absolute atomic E-state index is 0.738. The summed E-state index contributed by atoms with van der Waals surface area (Å²) in [7, 11) is 0. The lowest BCUT2D eigenvalue weighted by atomic mass is 10.1. The molecule has 0 radical (unpaired) electrons. The second-order valence-electron chi connectivity index (χ2n) is 4.38. The van der Waals surface area contributed by atoms with E-state index >= 15 is 0 Å². The first kappa shape index (κ1) is 14.9. The molecule has 2 heteroatoms. The van der Waals surface area contributed by atoms with Crippen LogP contribution in [0.3, 0.4) is 0 Å². The molecule has 0 atom stereocenters. The van der Waals surface area contributed by atoms with Gasteiger partial charge in [-0.25, -0.2) is 0 Å². The van der Waals surface area contributed by atoms with Gasteiger partial charge in [-0.2, -0.15) is 0 Å². The molecule has 0 amide bonds. The van der Waals surface area contributed by atoms with E-state index in [2.05, 4.69) is 19.2 Å². The van der Waals surface area contributed by atoms with Gasteiger partial charge in [-0.05, 0) is 38.8 Å². The maximum absolute atomic E-state index is 5.44. The molecule has 0 aliphatic heterocycles. The summed E-state index contributed by atoms with van der Waals surface area (Å²) < 4.78 is 0. The molecule has 0 aromatic carbocycles. The molecule has 0 aromatic rings. The summed E-state index contributed by atoms with van der Waals surface area (Å²) in [6, 6.07) is 0.738. The third-order valence-corrected chi connectivity index (χ3v) is 3.05. The summed E-state index contributed by atoms with van der Waals surface area (Å²) in [6.45, 7) is 6.57. The third-order valence-electron chi connectivity index (χ3n) is 3.05. The number of nitrogens with one attached hydrogen (secondary N) is 1. The van der Waals surface area contributed by atoms with E-state index in [-0.39, 0.29) is 0 Å². The lowest BCUT2D eigenvalue weighted by Gasteiger charge is -2.14. The molecule has 15 heavy (non-hydrogen) atoms. The third kappa shape index (κ3) is 10.2. The van der Waals surface area contributed by atoms with E-state index in [9.17, 15) is 0 Å². The average molecular weight is 214 g/mol. The zero-order chi connectivity index (χ0) is 11.4. The minimum Gasteiger partial charge on any atom is -0.330 e. The predicted molar refractivity (Wildman–Crippen MR) is 69.1 cm³/mol. The van der Waals surface area contributed by atoms with Crippen LogP contribution in [0, 0.1) is 0 Å². The fourth-order valence-corrected chi connectivity index (χ4v) is 1.86. The second kappa shape index (κ2) is 12.0. The highest BCUT2D eigenvalue weighted by molar-refractivity contribution is 4.61. The number of hydrogen-bond acceptors (Lipinski definition) is 2. The van der Waals surface area contributed by atoms with Crippen LogP contribution in [0.15, 0.2) is 0 Å². The van der Waals surface area contributed by atoms with Crippen molar-refractivity contribution in [2.75, 3.05) is 13.1 Å². The van der Waals surface area contributed by atoms with Gasteiger partial charge in [0, 0.05) is 6.04 Å². The Hall–Kier alpha value is -0.0800. The van der Waals surface area contributed by atoms with Crippen molar-refractivity contribution in [3.05, 3.63) is 0 Å². The van der Waals surface area contributed by atoms with E-state index in [1.807, 2.05) is 0 Å². The van der Waals surface area contributed by atoms with Crippen LogP contribution in [0.1, 0.15) is 65.2 Å². The highest BCUT2D eigenvalue weighted by Gasteiger charge is 2.00. The van der Waals surface area contributed by atoms with Gasteiger partial charge in [-0.15, -0.1) is 0 Å². The van der Waals surface area contributed by atoms with Crippen molar-refractivity contribution in [1.29, 1.82) is 0 Å². The topological polar surface area (TPSA) is 38.0 Å². The summed E-state index contributed by atoms with van der Waals surface area (Å²) in [5.74, 6) is 0. The molecule has 0 aromatic heterocycles. The van der Waals surface area contributed by atoms with Gasteiger partial charge in [-0.3, -0.25) is 0 Å². The Morgan fingerprint density at radius 2 is 1.40 bits per heavy atom. The summed E-state index contributed by atoms with van der Waals surface area (Å²) in [6.07, 6.45) is 10.5. The number of unbranched alkanes of at least 4 members (excludes halogenated alkanes) is 5. The lowest BCUT2D eigenvalue weighted by molar-refractivity contribution is 0.467. The van der Waals surface area contributed by atoms with Crippen LogP contribution in [-0.2, 0) is 0 Å². The van der Waals surface area contributed by atoms with Crippen molar-refractivity contribution in [3.8, 4) is 0 Å². The smallest absolute Gasteiger partial charge is 0.00618 e. The fourth-order valence-electron chi connectivity index (χ4n) is 1.86. The van der Waals surface area contributed by atoms with Crippen LogP contribution in [0.5, 0.6) is 0 Å². The van der Waals surface area contributed by atoms with Gasteiger partial charge in [-0.1, -0.05) is 39.5 Å². The molecule has 0 aliphatic rings. The molecule has 0 bridgehead atoms. The SMILES string of the molecule is CCC(CC)NCCCCCCCCN.